The van der Waals surface area contributed by atoms with Gasteiger partial charge in [0, 0.05) is 32.9 Å². The number of pyridine rings is 1. The molecule has 1 N–H and O–H groups in total. The minimum Gasteiger partial charge on any atom is -0.344 e. The molecule has 0 amide bonds. The molecule has 0 unspecified atom stereocenters. The summed E-state index contributed by atoms with van der Waals surface area (Å²) in [5.41, 5.74) is 2.92. The Balaban J connectivity index is 1.95. The fourth-order valence-corrected chi connectivity index (χ4v) is 3.04. The van der Waals surface area contributed by atoms with E-state index < -0.39 is 0 Å². The van der Waals surface area contributed by atoms with Gasteiger partial charge in [-0.25, -0.2) is 4.98 Å². The van der Waals surface area contributed by atoms with Crippen LogP contribution in [0.1, 0.15) is 19.8 Å². The first kappa shape index (κ1) is 16.8. The molecule has 2 nitrogen and oxygen atoms in total. The van der Waals surface area contributed by atoms with Crippen LogP contribution in [0.25, 0.3) is 21.9 Å². The number of nitrogens with one attached hydrogen (secondary N) is 1. The Morgan fingerprint density at radius 2 is 1.92 bits per heavy atom. The Morgan fingerprint density at radius 1 is 1.08 bits per heavy atom. The Bertz CT molecular complexity index is 903. The minimum atomic E-state index is 0.668. The zero-order valence-electron chi connectivity index (χ0n) is 13.4. The molecule has 0 fully saturated rings. The molecule has 1 aromatic heterocycles. The summed E-state index contributed by atoms with van der Waals surface area (Å²) in [6.07, 6.45) is 3.86. The Morgan fingerprint density at radius 3 is 2.71 bits per heavy atom. The van der Waals surface area contributed by atoms with Gasteiger partial charge in [-0.1, -0.05) is 55.3 Å². The zero-order chi connectivity index (χ0) is 17.1. The molecule has 4 heteroatoms. The van der Waals surface area contributed by atoms with Crippen molar-refractivity contribution in [3.63, 3.8) is 0 Å². The van der Waals surface area contributed by atoms with E-state index in [4.69, 9.17) is 23.2 Å². The lowest BCUT2D eigenvalue weighted by Crippen LogP contribution is -1.99. The highest BCUT2D eigenvalue weighted by Gasteiger charge is 2.07. The SMILES string of the molecule is C=C(CCC)Nc1cc2ccc(-c3cc(Cl)ccc3Cl)cc2cn1. The zero-order valence-corrected chi connectivity index (χ0v) is 15.0. The summed E-state index contributed by atoms with van der Waals surface area (Å²) in [4.78, 5) is 4.47. The van der Waals surface area contributed by atoms with Crippen LogP contribution in [0.2, 0.25) is 10.0 Å². The maximum Gasteiger partial charge on any atom is 0.130 e. The van der Waals surface area contributed by atoms with Gasteiger partial charge in [0.05, 0.1) is 0 Å². The van der Waals surface area contributed by atoms with Gasteiger partial charge in [-0.2, -0.15) is 0 Å². The van der Waals surface area contributed by atoms with E-state index in [1.165, 1.54) is 0 Å². The van der Waals surface area contributed by atoms with Crippen LogP contribution in [-0.4, -0.2) is 4.98 Å². The van der Waals surface area contributed by atoms with Gasteiger partial charge >= 0.3 is 0 Å². The van der Waals surface area contributed by atoms with Crippen molar-refractivity contribution in [2.45, 2.75) is 19.8 Å². The Hall–Kier alpha value is -2.03. The highest BCUT2D eigenvalue weighted by Crippen LogP contribution is 2.32. The second-order valence-electron chi connectivity index (χ2n) is 5.73. The summed E-state index contributed by atoms with van der Waals surface area (Å²) in [6, 6.07) is 13.7. The highest BCUT2D eigenvalue weighted by atomic mass is 35.5. The lowest BCUT2D eigenvalue weighted by atomic mass is 10.0. The fraction of sp³-hybridized carbons (Fsp3) is 0.150. The van der Waals surface area contributed by atoms with Gasteiger partial charge in [-0.15, -0.1) is 0 Å². The second kappa shape index (κ2) is 7.25. The standard InChI is InChI=1S/C20H18Cl2N2/c1-3-4-13(2)24-20-10-14-5-6-15(9-16(14)12-23-20)18-11-17(21)7-8-19(18)22/h5-12H,2-4H2,1H3,(H,23,24). The van der Waals surface area contributed by atoms with Crippen LogP contribution in [0.3, 0.4) is 0 Å². The summed E-state index contributed by atoms with van der Waals surface area (Å²) in [5.74, 6) is 0.814. The quantitative estimate of drug-likeness (QED) is 0.535. The maximum absolute atomic E-state index is 6.30. The summed E-state index contributed by atoms with van der Waals surface area (Å²) < 4.78 is 0. The predicted molar refractivity (Wildman–Crippen MR) is 105 cm³/mol. The van der Waals surface area contributed by atoms with Gasteiger partial charge in [0.15, 0.2) is 0 Å². The molecule has 3 rings (SSSR count). The predicted octanol–water partition coefficient (Wildman–Crippen LogP) is 6.93. The van der Waals surface area contributed by atoms with Gasteiger partial charge in [-0.05, 0) is 47.7 Å². The number of fused-ring (bicyclic) bond motifs is 1. The number of anilines is 1. The first-order valence-corrected chi connectivity index (χ1v) is 8.62. The van der Waals surface area contributed by atoms with Crippen molar-refractivity contribution in [2.75, 3.05) is 5.32 Å². The number of allylic oxidation sites excluding steroid dienone is 1. The van der Waals surface area contributed by atoms with Gasteiger partial charge in [0.2, 0.25) is 0 Å². The van der Waals surface area contributed by atoms with Crippen molar-refractivity contribution < 1.29 is 0 Å². The first-order valence-electron chi connectivity index (χ1n) is 7.87. The van der Waals surface area contributed by atoms with E-state index in [1.54, 1.807) is 6.07 Å². The summed E-state index contributed by atoms with van der Waals surface area (Å²) >= 11 is 12.4. The minimum absolute atomic E-state index is 0.668. The van der Waals surface area contributed by atoms with Crippen LogP contribution in [0.5, 0.6) is 0 Å². The summed E-state index contributed by atoms with van der Waals surface area (Å²) in [6.45, 7) is 6.14. The van der Waals surface area contributed by atoms with Crippen LogP contribution in [-0.2, 0) is 0 Å². The van der Waals surface area contributed by atoms with Crippen molar-refractivity contribution >= 4 is 39.8 Å². The van der Waals surface area contributed by atoms with Gasteiger partial charge in [0.25, 0.3) is 0 Å². The average Bonchev–Trinajstić information content (AvgIpc) is 2.57. The van der Waals surface area contributed by atoms with Crippen molar-refractivity contribution in [3.8, 4) is 11.1 Å². The van der Waals surface area contributed by atoms with Crippen LogP contribution in [0, 0.1) is 0 Å². The molecule has 0 atom stereocenters. The number of rotatable bonds is 5. The number of nitrogens with zero attached hydrogens (tertiary/aromatic N) is 1. The topological polar surface area (TPSA) is 24.9 Å². The fourth-order valence-electron chi connectivity index (χ4n) is 2.64. The molecule has 0 saturated carbocycles. The number of aromatic nitrogens is 1. The van der Waals surface area contributed by atoms with E-state index in [9.17, 15) is 0 Å². The summed E-state index contributed by atoms with van der Waals surface area (Å²) in [7, 11) is 0. The van der Waals surface area contributed by atoms with E-state index in [0.29, 0.717) is 10.0 Å². The molecule has 0 radical (unpaired) electrons. The van der Waals surface area contributed by atoms with Crippen LogP contribution in [0.4, 0.5) is 5.82 Å². The van der Waals surface area contributed by atoms with Crippen LogP contribution < -0.4 is 5.32 Å². The third-order valence-electron chi connectivity index (χ3n) is 3.82. The molecular weight excluding hydrogens is 339 g/mol. The second-order valence-corrected chi connectivity index (χ2v) is 6.58. The number of hydrogen-bond acceptors (Lipinski definition) is 2. The molecule has 0 aliphatic rings. The smallest absolute Gasteiger partial charge is 0.130 e. The molecule has 0 saturated heterocycles. The normalized spacial score (nSPS) is 10.8. The number of benzene rings is 2. The lowest BCUT2D eigenvalue weighted by molar-refractivity contribution is 0.911. The Labute approximate surface area is 152 Å². The summed E-state index contributed by atoms with van der Waals surface area (Å²) in [5, 5.41) is 6.76. The molecule has 122 valence electrons. The van der Waals surface area contributed by atoms with Crippen molar-refractivity contribution in [1.82, 2.24) is 4.98 Å². The van der Waals surface area contributed by atoms with E-state index >= 15 is 0 Å². The molecule has 24 heavy (non-hydrogen) atoms. The highest BCUT2D eigenvalue weighted by molar-refractivity contribution is 6.35. The average molecular weight is 357 g/mol. The van der Waals surface area contributed by atoms with Crippen LogP contribution >= 0.6 is 23.2 Å². The maximum atomic E-state index is 6.30. The molecule has 0 aliphatic carbocycles. The van der Waals surface area contributed by atoms with E-state index in [1.807, 2.05) is 30.5 Å². The molecule has 1 heterocycles. The lowest BCUT2D eigenvalue weighted by Gasteiger charge is -2.10. The molecule has 0 aliphatic heterocycles. The molecule has 0 bridgehead atoms. The molecular formula is C20H18Cl2N2. The first-order chi connectivity index (χ1) is 11.6. The molecule has 3 aromatic rings. The van der Waals surface area contributed by atoms with Crippen molar-refractivity contribution in [2.24, 2.45) is 0 Å². The van der Waals surface area contributed by atoms with Gasteiger partial charge in [0.1, 0.15) is 5.82 Å². The third-order valence-corrected chi connectivity index (χ3v) is 4.38. The van der Waals surface area contributed by atoms with Crippen LogP contribution in [0.15, 0.2) is 60.9 Å². The molecule has 2 aromatic carbocycles. The largest absolute Gasteiger partial charge is 0.344 e. The van der Waals surface area contributed by atoms with Crippen molar-refractivity contribution in [3.05, 3.63) is 71.0 Å². The van der Waals surface area contributed by atoms with E-state index in [-0.39, 0.29) is 0 Å². The van der Waals surface area contributed by atoms with E-state index in [2.05, 4.69) is 35.9 Å². The van der Waals surface area contributed by atoms with E-state index in [0.717, 1.165) is 46.3 Å². The Kier molecular flexibility index (Phi) is 5.08. The third kappa shape index (κ3) is 3.72. The molecule has 0 spiro atoms. The van der Waals surface area contributed by atoms with Crippen molar-refractivity contribution in [1.29, 1.82) is 0 Å². The monoisotopic (exact) mass is 356 g/mol. The van der Waals surface area contributed by atoms with Gasteiger partial charge < -0.3 is 5.32 Å². The number of halogens is 2. The van der Waals surface area contributed by atoms with Gasteiger partial charge in [-0.3, -0.25) is 0 Å². The number of hydrogen-bond donors (Lipinski definition) is 1.